The lowest BCUT2D eigenvalue weighted by Crippen LogP contribution is -2.23. The third-order valence-corrected chi connectivity index (χ3v) is 3.71. The molecule has 0 aromatic heterocycles. The van der Waals surface area contributed by atoms with E-state index >= 15 is 0 Å². The van der Waals surface area contributed by atoms with E-state index in [1.54, 1.807) is 13.2 Å². The first kappa shape index (κ1) is 16.8. The first-order valence-electron chi connectivity index (χ1n) is 7.74. The zero-order valence-corrected chi connectivity index (χ0v) is 13.9. The van der Waals surface area contributed by atoms with Gasteiger partial charge in [0, 0.05) is 12.6 Å². The average molecular weight is 309 g/mol. The lowest BCUT2D eigenvalue weighted by molar-refractivity contribution is -0.116. The molecule has 0 atom stereocenters. The van der Waals surface area contributed by atoms with Gasteiger partial charge in [-0.05, 0) is 55.2 Å². The molecule has 1 N–H and O–H groups in total. The maximum absolute atomic E-state index is 11.9. The van der Waals surface area contributed by atoms with Crippen molar-refractivity contribution in [2.24, 2.45) is 0 Å². The summed E-state index contributed by atoms with van der Waals surface area (Å²) < 4.78 is 5.12. The number of ether oxygens (including phenoxy) is 1. The number of amides is 1. The second-order valence-electron chi connectivity index (χ2n) is 5.58. The highest BCUT2D eigenvalue weighted by Crippen LogP contribution is 2.12. The Morgan fingerprint density at radius 1 is 1.13 bits per heavy atom. The molecular weight excluding hydrogens is 286 g/mol. The van der Waals surface area contributed by atoms with Crippen LogP contribution < -0.4 is 10.1 Å². The number of benzene rings is 2. The highest BCUT2D eigenvalue weighted by Gasteiger charge is 1.99. The number of methoxy groups -OCH3 is 1. The van der Waals surface area contributed by atoms with Gasteiger partial charge in [-0.15, -0.1) is 0 Å². The van der Waals surface area contributed by atoms with Crippen LogP contribution in [0.4, 0.5) is 0 Å². The summed E-state index contributed by atoms with van der Waals surface area (Å²) in [6.45, 7) is 4.73. The third-order valence-electron chi connectivity index (χ3n) is 3.71. The minimum absolute atomic E-state index is 0.0708. The van der Waals surface area contributed by atoms with Crippen molar-refractivity contribution in [3.8, 4) is 5.75 Å². The van der Waals surface area contributed by atoms with Crippen molar-refractivity contribution in [3.63, 3.8) is 0 Å². The molecule has 0 heterocycles. The first-order chi connectivity index (χ1) is 11.1. The van der Waals surface area contributed by atoms with E-state index in [1.165, 1.54) is 16.7 Å². The molecule has 0 unspecified atom stereocenters. The number of rotatable bonds is 6. The lowest BCUT2D eigenvalue weighted by atomic mass is 10.1. The molecule has 23 heavy (non-hydrogen) atoms. The first-order valence-corrected chi connectivity index (χ1v) is 7.74. The highest BCUT2D eigenvalue weighted by atomic mass is 16.5. The van der Waals surface area contributed by atoms with Crippen molar-refractivity contribution in [2.75, 3.05) is 13.7 Å². The van der Waals surface area contributed by atoms with Crippen molar-refractivity contribution in [3.05, 3.63) is 70.8 Å². The minimum atomic E-state index is -0.0708. The Kier molecular flexibility index (Phi) is 5.98. The van der Waals surface area contributed by atoms with E-state index in [9.17, 15) is 4.79 Å². The summed E-state index contributed by atoms with van der Waals surface area (Å²) in [5.74, 6) is 0.771. The van der Waals surface area contributed by atoms with E-state index in [0.29, 0.717) is 6.54 Å². The summed E-state index contributed by atoms with van der Waals surface area (Å²) in [5.41, 5.74) is 4.64. The molecule has 0 spiro atoms. The monoisotopic (exact) mass is 309 g/mol. The van der Waals surface area contributed by atoms with Crippen LogP contribution in [-0.2, 0) is 11.2 Å². The van der Waals surface area contributed by atoms with Gasteiger partial charge in [0.25, 0.3) is 0 Å². The van der Waals surface area contributed by atoms with E-state index in [-0.39, 0.29) is 5.91 Å². The molecule has 120 valence electrons. The predicted molar refractivity (Wildman–Crippen MR) is 94.7 cm³/mol. The van der Waals surface area contributed by atoms with E-state index in [1.807, 2.05) is 49.4 Å². The van der Waals surface area contributed by atoms with Crippen LogP contribution in [0, 0.1) is 13.8 Å². The Balaban J connectivity index is 1.81. The van der Waals surface area contributed by atoms with E-state index < -0.39 is 0 Å². The molecule has 2 aromatic carbocycles. The zero-order valence-electron chi connectivity index (χ0n) is 13.9. The Hall–Kier alpha value is -2.55. The largest absolute Gasteiger partial charge is 0.497 e. The molecule has 1 amide bonds. The number of aryl methyl sites for hydroxylation is 2. The molecule has 0 fully saturated rings. The quantitative estimate of drug-likeness (QED) is 0.827. The van der Waals surface area contributed by atoms with Gasteiger partial charge in [-0.3, -0.25) is 4.79 Å². The van der Waals surface area contributed by atoms with Crippen LogP contribution in [0.2, 0.25) is 0 Å². The van der Waals surface area contributed by atoms with Crippen LogP contribution in [0.1, 0.15) is 22.3 Å². The predicted octanol–water partition coefficient (Wildman–Crippen LogP) is 3.68. The SMILES string of the molecule is COc1ccc(CCNC(=O)/C=C/c2ccc(C)cc2C)cc1. The molecule has 0 saturated heterocycles. The van der Waals surface area contributed by atoms with Crippen LogP contribution in [0.15, 0.2) is 48.5 Å². The summed E-state index contributed by atoms with van der Waals surface area (Å²) in [6.07, 6.45) is 4.25. The lowest BCUT2D eigenvalue weighted by Gasteiger charge is -2.05. The molecule has 3 heteroatoms. The Morgan fingerprint density at radius 3 is 2.52 bits per heavy atom. The number of nitrogens with one attached hydrogen (secondary N) is 1. The second kappa shape index (κ2) is 8.18. The zero-order chi connectivity index (χ0) is 16.7. The maximum Gasteiger partial charge on any atom is 0.244 e. The van der Waals surface area contributed by atoms with Crippen LogP contribution in [0.3, 0.4) is 0 Å². The van der Waals surface area contributed by atoms with E-state index in [4.69, 9.17) is 4.74 Å². The molecule has 0 aliphatic carbocycles. The molecule has 0 radical (unpaired) electrons. The molecule has 0 saturated carbocycles. The van der Waals surface area contributed by atoms with Gasteiger partial charge in [0.1, 0.15) is 5.75 Å². The summed E-state index contributed by atoms with van der Waals surface area (Å²) in [4.78, 5) is 11.9. The van der Waals surface area contributed by atoms with Gasteiger partial charge in [0.15, 0.2) is 0 Å². The Bertz CT molecular complexity index is 687. The molecule has 3 nitrogen and oxygen atoms in total. The number of hydrogen-bond donors (Lipinski definition) is 1. The summed E-state index contributed by atoms with van der Waals surface area (Å²) in [5, 5.41) is 2.90. The molecule has 0 bridgehead atoms. The van der Waals surface area contributed by atoms with Crippen LogP contribution in [-0.4, -0.2) is 19.6 Å². The molecular formula is C20H23NO2. The molecule has 0 aliphatic rings. The number of carbonyl (C=O) groups is 1. The fourth-order valence-corrected chi connectivity index (χ4v) is 2.36. The Labute approximate surface area is 138 Å². The fourth-order valence-electron chi connectivity index (χ4n) is 2.36. The van der Waals surface area contributed by atoms with E-state index in [2.05, 4.69) is 18.3 Å². The van der Waals surface area contributed by atoms with Crippen molar-refractivity contribution in [1.82, 2.24) is 5.32 Å². The van der Waals surface area contributed by atoms with Gasteiger partial charge in [-0.1, -0.05) is 35.9 Å². The van der Waals surface area contributed by atoms with Crippen molar-refractivity contribution in [2.45, 2.75) is 20.3 Å². The second-order valence-corrected chi connectivity index (χ2v) is 5.58. The van der Waals surface area contributed by atoms with Gasteiger partial charge < -0.3 is 10.1 Å². The fraction of sp³-hybridized carbons (Fsp3) is 0.250. The Morgan fingerprint density at radius 2 is 1.87 bits per heavy atom. The van der Waals surface area contributed by atoms with Gasteiger partial charge in [-0.2, -0.15) is 0 Å². The normalized spacial score (nSPS) is 10.7. The van der Waals surface area contributed by atoms with Crippen molar-refractivity contribution in [1.29, 1.82) is 0 Å². The van der Waals surface area contributed by atoms with Gasteiger partial charge >= 0.3 is 0 Å². The van der Waals surface area contributed by atoms with Gasteiger partial charge in [0.2, 0.25) is 5.91 Å². The highest BCUT2D eigenvalue weighted by molar-refractivity contribution is 5.91. The maximum atomic E-state index is 11.9. The van der Waals surface area contributed by atoms with Crippen molar-refractivity contribution < 1.29 is 9.53 Å². The van der Waals surface area contributed by atoms with Crippen molar-refractivity contribution >= 4 is 12.0 Å². The standard InChI is InChI=1S/C20H23NO2/c1-15-4-7-18(16(2)14-15)8-11-20(22)21-13-12-17-5-9-19(23-3)10-6-17/h4-11,14H,12-13H2,1-3H3,(H,21,22)/b11-8+. The summed E-state index contributed by atoms with van der Waals surface area (Å²) in [7, 11) is 1.65. The van der Waals surface area contributed by atoms with E-state index in [0.717, 1.165) is 17.7 Å². The van der Waals surface area contributed by atoms with Gasteiger partial charge in [0.05, 0.1) is 7.11 Å². The average Bonchev–Trinajstić information content (AvgIpc) is 2.54. The molecule has 2 rings (SSSR count). The summed E-state index contributed by atoms with van der Waals surface area (Å²) in [6, 6.07) is 14.1. The van der Waals surface area contributed by atoms with Crippen LogP contribution >= 0.6 is 0 Å². The van der Waals surface area contributed by atoms with Crippen LogP contribution in [0.5, 0.6) is 5.75 Å². The third kappa shape index (κ3) is 5.29. The summed E-state index contributed by atoms with van der Waals surface area (Å²) >= 11 is 0. The van der Waals surface area contributed by atoms with Gasteiger partial charge in [-0.25, -0.2) is 0 Å². The smallest absolute Gasteiger partial charge is 0.244 e. The number of hydrogen-bond acceptors (Lipinski definition) is 2. The van der Waals surface area contributed by atoms with Crippen LogP contribution in [0.25, 0.3) is 6.08 Å². The molecule has 2 aromatic rings. The number of carbonyl (C=O) groups excluding carboxylic acids is 1. The minimum Gasteiger partial charge on any atom is -0.497 e. The molecule has 0 aliphatic heterocycles. The topological polar surface area (TPSA) is 38.3 Å².